The lowest BCUT2D eigenvalue weighted by Crippen LogP contribution is -2.29. The van der Waals surface area contributed by atoms with Gasteiger partial charge in [0.2, 0.25) is 0 Å². The second-order valence-electron chi connectivity index (χ2n) is 3.88. The van der Waals surface area contributed by atoms with Crippen molar-refractivity contribution in [1.82, 2.24) is 14.4 Å². The topological polar surface area (TPSA) is 67.5 Å². The fraction of sp³-hybridized carbons (Fsp3) is 0.300. The molecule has 5 heteroatoms. The molecule has 2 aromatic rings. The number of hydrogen-bond donors (Lipinski definition) is 1. The van der Waals surface area contributed by atoms with E-state index in [4.69, 9.17) is 5.11 Å². The van der Waals surface area contributed by atoms with Crippen molar-refractivity contribution in [2.24, 2.45) is 0 Å². The zero-order chi connectivity index (χ0) is 11.1. The summed E-state index contributed by atoms with van der Waals surface area (Å²) in [4.78, 5) is 19.1. The minimum absolute atomic E-state index is 0.646. The van der Waals surface area contributed by atoms with Gasteiger partial charge in [-0.15, -0.1) is 0 Å². The molecule has 0 aliphatic rings. The molecule has 1 N–H and O–H groups in total. The molecular weight excluding hydrogens is 194 g/mol. The first kappa shape index (κ1) is 9.64. The van der Waals surface area contributed by atoms with Gasteiger partial charge in [0.15, 0.2) is 5.65 Å². The Kier molecular flexibility index (Phi) is 1.96. The van der Waals surface area contributed by atoms with Crippen LogP contribution in [0.3, 0.4) is 0 Å². The van der Waals surface area contributed by atoms with Gasteiger partial charge in [0, 0.05) is 12.4 Å². The van der Waals surface area contributed by atoms with Gasteiger partial charge in [-0.1, -0.05) is 0 Å². The maximum atomic E-state index is 11.1. The van der Waals surface area contributed by atoms with Crippen LogP contribution in [0.15, 0.2) is 24.8 Å². The van der Waals surface area contributed by atoms with E-state index in [0.717, 1.165) is 0 Å². The normalized spacial score (nSPS) is 11.9. The van der Waals surface area contributed by atoms with Gasteiger partial charge in [-0.05, 0) is 13.8 Å². The van der Waals surface area contributed by atoms with Crippen LogP contribution in [0.2, 0.25) is 0 Å². The van der Waals surface area contributed by atoms with E-state index in [9.17, 15) is 4.79 Å². The highest BCUT2D eigenvalue weighted by Crippen LogP contribution is 2.23. The number of carbonyl (C=O) groups is 1. The summed E-state index contributed by atoms with van der Waals surface area (Å²) in [5.74, 6) is -0.874. The minimum atomic E-state index is -0.958. The lowest BCUT2D eigenvalue weighted by molar-refractivity contribution is -0.142. The minimum Gasteiger partial charge on any atom is -0.481 e. The smallest absolute Gasteiger partial charge is 0.315 e. The number of hydrogen-bond acceptors (Lipinski definition) is 3. The fourth-order valence-electron chi connectivity index (χ4n) is 1.41. The average Bonchev–Trinajstić information content (AvgIpc) is 2.61. The summed E-state index contributed by atoms with van der Waals surface area (Å²) in [7, 11) is 0. The highest BCUT2D eigenvalue weighted by atomic mass is 16.4. The van der Waals surface area contributed by atoms with Crippen LogP contribution in [0.4, 0.5) is 0 Å². The molecule has 15 heavy (non-hydrogen) atoms. The molecule has 0 bridgehead atoms. The quantitative estimate of drug-likeness (QED) is 0.796. The van der Waals surface area contributed by atoms with Gasteiger partial charge in [0.1, 0.15) is 5.41 Å². The second kappa shape index (κ2) is 3.05. The summed E-state index contributed by atoms with van der Waals surface area (Å²) in [6.07, 6.45) is 6.49. The monoisotopic (exact) mass is 205 g/mol. The molecule has 78 valence electrons. The third-order valence-corrected chi connectivity index (χ3v) is 2.49. The van der Waals surface area contributed by atoms with Crippen molar-refractivity contribution in [2.75, 3.05) is 0 Å². The summed E-state index contributed by atoms with van der Waals surface area (Å²) >= 11 is 0. The Morgan fingerprint density at radius 2 is 2.20 bits per heavy atom. The molecule has 2 aromatic heterocycles. The summed E-state index contributed by atoms with van der Waals surface area (Å²) in [6.45, 7) is 3.30. The Hall–Kier alpha value is -1.91. The van der Waals surface area contributed by atoms with Crippen LogP contribution < -0.4 is 0 Å². The number of aromatic nitrogens is 3. The first-order valence-electron chi connectivity index (χ1n) is 4.54. The molecule has 0 saturated carbocycles. The number of carboxylic acid groups (broad SMARTS) is 1. The summed E-state index contributed by atoms with van der Waals surface area (Å²) in [5, 5.41) is 9.12. The molecule has 0 aliphatic heterocycles. The highest BCUT2D eigenvalue weighted by Gasteiger charge is 2.32. The van der Waals surface area contributed by atoms with Gasteiger partial charge >= 0.3 is 5.97 Å². The lowest BCUT2D eigenvalue weighted by atomic mass is 9.90. The number of aliphatic carboxylic acids is 1. The maximum absolute atomic E-state index is 11.1. The Labute approximate surface area is 86.4 Å². The van der Waals surface area contributed by atoms with Crippen LogP contribution in [0, 0.1) is 0 Å². The molecule has 0 amide bonds. The standard InChI is InChI=1S/C10H11N3O2/c1-10(2,9(14)15)7-5-12-8-6-11-3-4-13(7)8/h3-6H,1-2H3,(H,14,15). The Morgan fingerprint density at radius 3 is 2.87 bits per heavy atom. The number of imidazole rings is 1. The van der Waals surface area contributed by atoms with E-state index in [1.165, 1.54) is 0 Å². The lowest BCUT2D eigenvalue weighted by Gasteiger charge is -2.18. The van der Waals surface area contributed by atoms with Gasteiger partial charge in [-0.2, -0.15) is 0 Å². The SMILES string of the molecule is CC(C)(C(=O)O)c1cnc2cnccn12. The van der Waals surface area contributed by atoms with Crippen molar-refractivity contribution in [1.29, 1.82) is 0 Å². The van der Waals surface area contributed by atoms with Crippen molar-refractivity contribution in [3.63, 3.8) is 0 Å². The Balaban J connectivity index is 2.67. The maximum Gasteiger partial charge on any atom is 0.315 e. The zero-order valence-corrected chi connectivity index (χ0v) is 8.51. The molecule has 2 rings (SSSR count). The Bertz CT molecular complexity index is 516. The number of nitrogens with zero attached hydrogens (tertiary/aromatic N) is 3. The number of rotatable bonds is 2. The van der Waals surface area contributed by atoms with Crippen LogP contribution in [0.5, 0.6) is 0 Å². The Morgan fingerprint density at radius 1 is 1.47 bits per heavy atom. The van der Waals surface area contributed by atoms with E-state index in [1.807, 2.05) is 0 Å². The first-order valence-corrected chi connectivity index (χ1v) is 4.54. The van der Waals surface area contributed by atoms with E-state index in [1.54, 1.807) is 43.0 Å². The molecule has 0 aromatic carbocycles. The third-order valence-electron chi connectivity index (χ3n) is 2.49. The van der Waals surface area contributed by atoms with Gasteiger partial charge < -0.3 is 9.51 Å². The van der Waals surface area contributed by atoms with Crippen LogP contribution in [-0.2, 0) is 10.2 Å². The molecule has 5 nitrogen and oxygen atoms in total. The first-order chi connectivity index (χ1) is 7.03. The predicted molar refractivity (Wildman–Crippen MR) is 53.6 cm³/mol. The van der Waals surface area contributed by atoms with Crippen molar-refractivity contribution < 1.29 is 9.90 Å². The van der Waals surface area contributed by atoms with Crippen LogP contribution >= 0.6 is 0 Å². The second-order valence-corrected chi connectivity index (χ2v) is 3.88. The summed E-state index contributed by atoms with van der Waals surface area (Å²) in [6, 6.07) is 0. The van der Waals surface area contributed by atoms with Crippen molar-refractivity contribution in [3.05, 3.63) is 30.5 Å². The van der Waals surface area contributed by atoms with Crippen LogP contribution in [0.25, 0.3) is 5.65 Å². The predicted octanol–water partition coefficient (Wildman–Crippen LogP) is 1.09. The van der Waals surface area contributed by atoms with E-state index in [-0.39, 0.29) is 0 Å². The molecule has 0 fully saturated rings. The molecule has 0 aliphatic carbocycles. The number of carboxylic acids is 1. The van der Waals surface area contributed by atoms with Gasteiger partial charge in [0.25, 0.3) is 0 Å². The average molecular weight is 205 g/mol. The molecular formula is C10H11N3O2. The van der Waals surface area contributed by atoms with E-state index >= 15 is 0 Å². The molecule has 0 radical (unpaired) electrons. The summed E-state index contributed by atoms with van der Waals surface area (Å²) in [5.41, 5.74) is 0.343. The molecule has 0 saturated heterocycles. The van der Waals surface area contributed by atoms with Crippen molar-refractivity contribution >= 4 is 11.6 Å². The van der Waals surface area contributed by atoms with E-state index in [2.05, 4.69) is 9.97 Å². The van der Waals surface area contributed by atoms with Gasteiger partial charge in [0.05, 0.1) is 18.1 Å². The molecule has 0 atom stereocenters. The highest BCUT2D eigenvalue weighted by molar-refractivity contribution is 5.79. The van der Waals surface area contributed by atoms with Crippen molar-refractivity contribution in [2.45, 2.75) is 19.3 Å². The van der Waals surface area contributed by atoms with Gasteiger partial charge in [-0.3, -0.25) is 9.78 Å². The molecule has 2 heterocycles. The fourth-order valence-corrected chi connectivity index (χ4v) is 1.41. The van der Waals surface area contributed by atoms with Crippen LogP contribution in [0.1, 0.15) is 19.5 Å². The third kappa shape index (κ3) is 1.36. The van der Waals surface area contributed by atoms with Crippen molar-refractivity contribution in [3.8, 4) is 0 Å². The summed E-state index contributed by atoms with van der Waals surface area (Å²) < 4.78 is 1.74. The molecule has 0 spiro atoms. The van der Waals surface area contributed by atoms with Gasteiger partial charge in [-0.25, -0.2) is 4.98 Å². The molecule has 0 unspecified atom stereocenters. The van der Waals surface area contributed by atoms with E-state index < -0.39 is 11.4 Å². The zero-order valence-electron chi connectivity index (χ0n) is 8.51. The van der Waals surface area contributed by atoms with Crippen LogP contribution in [-0.4, -0.2) is 25.4 Å². The van der Waals surface area contributed by atoms with E-state index in [0.29, 0.717) is 11.3 Å². The largest absolute Gasteiger partial charge is 0.481 e. The number of fused-ring (bicyclic) bond motifs is 1.